The molecule has 7 nitrogen and oxygen atoms in total. The lowest BCUT2D eigenvalue weighted by molar-refractivity contribution is -0.120. The summed E-state index contributed by atoms with van der Waals surface area (Å²) in [5.41, 5.74) is 6.44. The summed E-state index contributed by atoms with van der Waals surface area (Å²) in [5, 5.41) is 5.40. The minimum Gasteiger partial charge on any atom is -0.497 e. The summed E-state index contributed by atoms with van der Waals surface area (Å²) in [5.74, 6) is -0.908. The summed E-state index contributed by atoms with van der Waals surface area (Å²) in [4.78, 5) is 36.9. The van der Waals surface area contributed by atoms with Gasteiger partial charge in [-0.1, -0.05) is 32.4 Å². The van der Waals surface area contributed by atoms with Crippen LogP contribution in [-0.4, -0.2) is 30.9 Å². The average molecular weight is 383 g/mol. The Hall–Kier alpha value is -3.35. The molecule has 0 saturated heterocycles. The highest BCUT2D eigenvalue weighted by atomic mass is 16.5. The molecule has 0 aromatic heterocycles. The van der Waals surface area contributed by atoms with Gasteiger partial charge in [0.2, 0.25) is 5.91 Å². The summed E-state index contributed by atoms with van der Waals surface area (Å²) in [6.07, 6.45) is 0.684. The SMILES string of the molecule is CCC(C)C(NC(=O)c1ccccc1NC(=O)c1ccc(OC)cc1)C(N)=O. The lowest BCUT2D eigenvalue weighted by Crippen LogP contribution is -2.48. The van der Waals surface area contributed by atoms with E-state index in [-0.39, 0.29) is 17.4 Å². The molecule has 7 heteroatoms. The molecular formula is C21H25N3O4. The van der Waals surface area contributed by atoms with Gasteiger partial charge in [0.05, 0.1) is 18.4 Å². The van der Waals surface area contributed by atoms with Crippen LogP contribution < -0.4 is 21.1 Å². The number of carbonyl (C=O) groups is 3. The standard InChI is InChI=1S/C21H25N3O4/c1-4-13(2)18(19(22)25)24-21(27)16-7-5-6-8-17(16)23-20(26)14-9-11-15(28-3)12-10-14/h5-13,18H,4H2,1-3H3,(H2,22,25)(H,23,26)(H,24,27). The largest absolute Gasteiger partial charge is 0.497 e. The highest BCUT2D eigenvalue weighted by molar-refractivity contribution is 6.09. The third-order valence-electron chi connectivity index (χ3n) is 4.58. The number of benzene rings is 2. The van der Waals surface area contributed by atoms with Crippen molar-refractivity contribution >= 4 is 23.4 Å². The van der Waals surface area contributed by atoms with Crippen LogP contribution >= 0.6 is 0 Å². The van der Waals surface area contributed by atoms with E-state index in [1.54, 1.807) is 55.6 Å². The normalized spacial score (nSPS) is 12.5. The molecule has 2 atom stereocenters. The third kappa shape index (κ3) is 5.09. The topological polar surface area (TPSA) is 111 Å². The zero-order valence-electron chi connectivity index (χ0n) is 16.2. The van der Waals surface area contributed by atoms with Gasteiger partial charge in [0, 0.05) is 5.56 Å². The fourth-order valence-electron chi connectivity index (χ4n) is 2.68. The Morgan fingerprint density at radius 1 is 1.04 bits per heavy atom. The Labute approximate surface area is 164 Å². The van der Waals surface area contributed by atoms with E-state index in [1.807, 2.05) is 13.8 Å². The molecule has 0 aliphatic heterocycles. The van der Waals surface area contributed by atoms with E-state index >= 15 is 0 Å². The van der Waals surface area contributed by atoms with Crippen molar-refractivity contribution in [3.05, 3.63) is 59.7 Å². The smallest absolute Gasteiger partial charge is 0.255 e. The zero-order chi connectivity index (χ0) is 20.7. The van der Waals surface area contributed by atoms with Crippen molar-refractivity contribution in [3.8, 4) is 5.75 Å². The molecule has 3 amide bonds. The number of nitrogens with two attached hydrogens (primary N) is 1. The second-order valence-corrected chi connectivity index (χ2v) is 6.47. The van der Waals surface area contributed by atoms with Crippen LogP contribution in [0.5, 0.6) is 5.75 Å². The monoisotopic (exact) mass is 383 g/mol. The van der Waals surface area contributed by atoms with E-state index in [9.17, 15) is 14.4 Å². The number of para-hydroxylation sites is 1. The van der Waals surface area contributed by atoms with Crippen molar-refractivity contribution < 1.29 is 19.1 Å². The van der Waals surface area contributed by atoms with E-state index in [2.05, 4.69) is 10.6 Å². The molecule has 0 aliphatic rings. The number of nitrogens with one attached hydrogen (secondary N) is 2. The van der Waals surface area contributed by atoms with Gasteiger partial charge in [-0.15, -0.1) is 0 Å². The third-order valence-corrected chi connectivity index (χ3v) is 4.58. The van der Waals surface area contributed by atoms with Gasteiger partial charge in [-0.05, 0) is 42.3 Å². The quantitative estimate of drug-likeness (QED) is 0.650. The van der Waals surface area contributed by atoms with E-state index in [1.165, 1.54) is 0 Å². The highest BCUT2D eigenvalue weighted by Crippen LogP contribution is 2.18. The van der Waals surface area contributed by atoms with E-state index in [0.29, 0.717) is 23.4 Å². The zero-order valence-corrected chi connectivity index (χ0v) is 16.2. The molecule has 0 aliphatic carbocycles. The van der Waals surface area contributed by atoms with Crippen LogP contribution in [0.25, 0.3) is 0 Å². The molecule has 0 radical (unpaired) electrons. The van der Waals surface area contributed by atoms with Gasteiger partial charge in [0.1, 0.15) is 11.8 Å². The molecular weight excluding hydrogens is 358 g/mol. The van der Waals surface area contributed by atoms with Crippen molar-refractivity contribution in [3.63, 3.8) is 0 Å². The lowest BCUT2D eigenvalue weighted by Gasteiger charge is -2.22. The Bertz CT molecular complexity index is 849. The van der Waals surface area contributed by atoms with Gasteiger partial charge in [0.25, 0.3) is 11.8 Å². The number of hydrogen-bond donors (Lipinski definition) is 3. The molecule has 4 N–H and O–H groups in total. The molecule has 28 heavy (non-hydrogen) atoms. The van der Waals surface area contributed by atoms with Crippen molar-refractivity contribution in [1.29, 1.82) is 0 Å². The van der Waals surface area contributed by atoms with Gasteiger partial charge >= 0.3 is 0 Å². The summed E-state index contributed by atoms with van der Waals surface area (Å²) in [6, 6.07) is 12.4. The van der Waals surface area contributed by atoms with Crippen LogP contribution in [0.1, 0.15) is 41.0 Å². The minimum absolute atomic E-state index is 0.109. The van der Waals surface area contributed by atoms with Crippen molar-refractivity contribution in [1.82, 2.24) is 5.32 Å². The summed E-state index contributed by atoms with van der Waals surface area (Å²) in [7, 11) is 1.54. The predicted molar refractivity (Wildman–Crippen MR) is 107 cm³/mol. The van der Waals surface area contributed by atoms with Crippen LogP contribution in [0.2, 0.25) is 0 Å². The second-order valence-electron chi connectivity index (χ2n) is 6.47. The molecule has 2 aromatic carbocycles. The number of methoxy groups -OCH3 is 1. The molecule has 0 spiro atoms. The fourth-order valence-corrected chi connectivity index (χ4v) is 2.68. The Kier molecular flexibility index (Phi) is 7.14. The lowest BCUT2D eigenvalue weighted by atomic mass is 9.98. The number of primary amides is 1. The van der Waals surface area contributed by atoms with Crippen LogP contribution in [0.3, 0.4) is 0 Å². The molecule has 0 fully saturated rings. The van der Waals surface area contributed by atoms with Crippen LogP contribution in [-0.2, 0) is 4.79 Å². The van der Waals surface area contributed by atoms with Gasteiger partial charge < -0.3 is 21.1 Å². The molecule has 2 aromatic rings. The Balaban J connectivity index is 2.20. The number of anilines is 1. The van der Waals surface area contributed by atoms with Crippen LogP contribution in [0.15, 0.2) is 48.5 Å². The average Bonchev–Trinajstić information content (AvgIpc) is 2.71. The minimum atomic E-state index is -0.789. The second kappa shape index (κ2) is 9.55. The summed E-state index contributed by atoms with van der Waals surface area (Å²) < 4.78 is 5.08. The first-order valence-corrected chi connectivity index (χ1v) is 9.02. The van der Waals surface area contributed by atoms with Gasteiger partial charge in [0.15, 0.2) is 0 Å². The molecule has 2 unspecified atom stereocenters. The number of ether oxygens (including phenoxy) is 1. The first-order chi connectivity index (χ1) is 13.4. The predicted octanol–water partition coefficient (Wildman–Crippen LogP) is 2.58. The maximum absolute atomic E-state index is 12.7. The molecule has 0 heterocycles. The van der Waals surface area contributed by atoms with Gasteiger partial charge in [-0.25, -0.2) is 0 Å². The molecule has 2 rings (SSSR count). The molecule has 148 valence electrons. The van der Waals surface area contributed by atoms with E-state index < -0.39 is 17.9 Å². The number of carbonyl (C=O) groups excluding carboxylic acids is 3. The summed E-state index contributed by atoms with van der Waals surface area (Å²) >= 11 is 0. The summed E-state index contributed by atoms with van der Waals surface area (Å²) in [6.45, 7) is 3.75. The van der Waals surface area contributed by atoms with Crippen LogP contribution in [0, 0.1) is 5.92 Å². The number of amides is 3. The van der Waals surface area contributed by atoms with Crippen molar-refractivity contribution in [2.45, 2.75) is 26.3 Å². The number of hydrogen-bond acceptors (Lipinski definition) is 4. The molecule has 0 bridgehead atoms. The van der Waals surface area contributed by atoms with E-state index in [4.69, 9.17) is 10.5 Å². The van der Waals surface area contributed by atoms with Gasteiger partial charge in [-0.2, -0.15) is 0 Å². The maximum atomic E-state index is 12.7. The van der Waals surface area contributed by atoms with Gasteiger partial charge in [-0.3, -0.25) is 14.4 Å². The fraction of sp³-hybridized carbons (Fsp3) is 0.286. The van der Waals surface area contributed by atoms with Crippen molar-refractivity contribution in [2.75, 3.05) is 12.4 Å². The Morgan fingerprint density at radius 2 is 1.68 bits per heavy atom. The van der Waals surface area contributed by atoms with Crippen LogP contribution in [0.4, 0.5) is 5.69 Å². The highest BCUT2D eigenvalue weighted by Gasteiger charge is 2.25. The van der Waals surface area contributed by atoms with Crippen molar-refractivity contribution in [2.24, 2.45) is 11.7 Å². The Morgan fingerprint density at radius 3 is 2.25 bits per heavy atom. The molecule has 0 saturated carbocycles. The first kappa shape index (κ1) is 21.0. The first-order valence-electron chi connectivity index (χ1n) is 9.02. The number of rotatable bonds is 8. The maximum Gasteiger partial charge on any atom is 0.255 e. The van der Waals surface area contributed by atoms with E-state index in [0.717, 1.165) is 0 Å².